The summed E-state index contributed by atoms with van der Waals surface area (Å²) in [6.45, 7) is 0. The summed E-state index contributed by atoms with van der Waals surface area (Å²) in [5.41, 5.74) is 8.00. The van der Waals surface area contributed by atoms with Gasteiger partial charge < -0.3 is 10.8 Å². The van der Waals surface area contributed by atoms with E-state index in [4.69, 9.17) is 11.1 Å². The predicted octanol–water partition coefficient (Wildman–Crippen LogP) is 2.92. The number of benzene rings is 4. The van der Waals surface area contributed by atoms with Gasteiger partial charge in [0, 0.05) is 5.56 Å². The average molecular weight is 557 g/mol. The summed E-state index contributed by atoms with van der Waals surface area (Å²) in [6, 6.07) is 22.5. The quantitative estimate of drug-likeness (QED) is 0.156. The number of amidine groups is 1. The molecule has 4 aromatic rings. The molecule has 10 heteroatoms. The van der Waals surface area contributed by atoms with Crippen molar-refractivity contribution in [3.63, 3.8) is 0 Å². The molecular weight excluding hydrogens is 528 g/mol. The van der Waals surface area contributed by atoms with Gasteiger partial charge in [-0.3, -0.25) is 20.3 Å². The van der Waals surface area contributed by atoms with Crippen LogP contribution in [0.1, 0.15) is 28.3 Å². The topological polar surface area (TPSA) is 162 Å². The van der Waals surface area contributed by atoms with Gasteiger partial charge in [0.2, 0.25) is 10.0 Å². The number of nitrogens with two attached hydrogens (primary N) is 1. The number of carboxylic acid groups (broad SMARTS) is 1. The molecule has 3 atom stereocenters. The SMILES string of the molecule is N=C(N)c1cccc(C[C@H](NS(=O)(=O)c2ccc3ccccc3c2)C(=O)C2NC(C(=O)O)Cc3ccccc32)c1. The molecular formula is C30H28N4O5S. The number of nitrogens with one attached hydrogen (secondary N) is 3. The summed E-state index contributed by atoms with van der Waals surface area (Å²) in [7, 11) is -4.17. The number of ketones is 1. The van der Waals surface area contributed by atoms with E-state index >= 15 is 0 Å². The van der Waals surface area contributed by atoms with E-state index in [-0.39, 0.29) is 23.6 Å². The molecule has 5 rings (SSSR count). The van der Waals surface area contributed by atoms with Crippen molar-refractivity contribution < 1.29 is 23.1 Å². The number of sulfonamides is 1. The smallest absolute Gasteiger partial charge is 0.321 e. The average Bonchev–Trinajstić information content (AvgIpc) is 2.95. The lowest BCUT2D eigenvalue weighted by Gasteiger charge is -2.32. The van der Waals surface area contributed by atoms with Crippen molar-refractivity contribution in [2.24, 2.45) is 5.73 Å². The van der Waals surface area contributed by atoms with Gasteiger partial charge in [-0.25, -0.2) is 13.1 Å². The minimum atomic E-state index is -4.17. The molecule has 0 bridgehead atoms. The van der Waals surface area contributed by atoms with Gasteiger partial charge in [-0.05, 0) is 58.5 Å². The molecule has 0 fully saturated rings. The molecule has 0 aromatic heterocycles. The van der Waals surface area contributed by atoms with Gasteiger partial charge in [0.05, 0.1) is 17.0 Å². The van der Waals surface area contributed by atoms with E-state index in [1.165, 1.54) is 6.07 Å². The lowest BCUT2D eigenvalue weighted by Crippen LogP contribution is -2.53. The number of nitrogen functional groups attached to an aromatic ring is 1. The van der Waals surface area contributed by atoms with Gasteiger partial charge >= 0.3 is 5.97 Å². The molecule has 0 saturated carbocycles. The van der Waals surface area contributed by atoms with Crippen LogP contribution in [-0.4, -0.2) is 43.2 Å². The Balaban J connectivity index is 1.54. The molecule has 0 radical (unpaired) electrons. The number of fused-ring (bicyclic) bond motifs is 2. The van der Waals surface area contributed by atoms with Crippen LogP contribution in [0.2, 0.25) is 0 Å². The highest BCUT2D eigenvalue weighted by Gasteiger charge is 2.38. The number of hydrogen-bond donors (Lipinski definition) is 5. The molecule has 9 nitrogen and oxygen atoms in total. The van der Waals surface area contributed by atoms with E-state index in [9.17, 15) is 23.1 Å². The standard InChI is InChI=1S/C30H28N4O5S/c31-29(32)22-10-5-6-18(14-22)15-25(34-40(38,39)23-13-12-19-7-1-2-8-20(19)16-23)28(35)27-24-11-4-3-9-21(24)17-26(33-27)30(36)37/h1-14,16,25-27,33-34H,15,17H2,(H3,31,32)(H,36,37)/t25-,26?,27?/m0/s1. The fourth-order valence-electron chi connectivity index (χ4n) is 5.06. The van der Waals surface area contributed by atoms with Crippen LogP contribution in [0.5, 0.6) is 0 Å². The molecule has 204 valence electrons. The van der Waals surface area contributed by atoms with Gasteiger partial charge in [0.1, 0.15) is 11.9 Å². The van der Waals surface area contributed by atoms with Crippen LogP contribution in [0, 0.1) is 5.41 Å². The van der Waals surface area contributed by atoms with Gasteiger partial charge in [-0.2, -0.15) is 0 Å². The maximum absolute atomic E-state index is 14.1. The van der Waals surface area contributed by atoms with Crippen molar-refractivity contribution in [3.05, 3.63) is 113 Å². The zero-order valence-electron chi connectivity index (χ0n) is 21.4. The van der Waals surface area contributed by atoms with E-state index < -0.39 is 39.9 Å². The molecule has 1 heterocycles. The van der Waals surface area contributed by atoms with Crippen LogP contribution in [0.3, 0.4) is 0 Å². The summed E-state index contributed by atoms with van der Waals surface area (Å²) < 4.78 is 29.8. The highest BCUT2D eigenvalue weighted by atomic mass is 32.2. The number of hydrogen-bond acceptors (Lipinski definition) is 6. The molecule has 4 aromatic carbocycles. The molecule has 0 aliphatic carbocycles. The second-order valence-corrected chi connectivity index (χ2v) is 11.5. The largest absolute Gasteiger partial charge is 0.480 e. The van der Waals surface area contributed by atoms with Crippen LogP contribution < -0.4 is 15.8 Å². The fourth-order valence-corrected chi connectivity index (χ4v) is 6.30. The molecule has 1 aliphatic heterocycles. The van der Waals surface area contributed by atoms with Crippen LogP contribution in [0.4, 0.5) is 0 Å². The first-order chi connectivity index (χ1) is 19.1. The third kappa shape index (κ3) is 5.64. The van der Waals surface area contributed by atoms with Gasteiger partial charge in [0.15, 0.2) is 5.78 Å². The fraction of sp³-hybridized carbons (Fsp3) is 0.167. The Hall–Kier alpha value is -4.38. The Labute approximate surface area is 231 Å². The van der Waals surface area contributed by atoms with Gasteiger partial charge in [-0.15, -0.1) is 0 Å². The maximum Gasteiger partial charge on any atom is 0.321 e. The highest BCUT2D eigenvalue weighted by molar-refractivity contribution is 7.89. The van der Waals surface area contributed by atoms with Crippen LogP contribution in [-0.2, 0) is 32.5 Å². The number of carbonyl (C=O) groups excluding carboxylic acids is 1. The predicted molar refractivity (Wildman–Crippen MR) is 152 cm³/mol. The Bertz CT molecular complexity index is 1740. The first kappa shape index (κ1) is 27.2. The summed E-state index contributed by atoms with van der Waals surface area (Å²) in [5, 5.41) is 22.0. The summed E-state index contributed by atoms with van der Waals surface area (Å²) in [6.07, 6.45) is 0.161. The van der Waals surface area contributed by atoms with Crippen molar-refractivity contribution in [1.29, 1.82) is 5.41 Å². The normalized spacial score (nSPS) is 17.6. The molecule has 0 amide bonds. The lowest BCUT2D eigenvalue weighted by molar-refractivity contribution is -0.140. The lowest BCUT2D eigenvalue weighted by atomic mass is 9.85. The number of aliphatic carboxylic acids is 1. The number of carbonyl (C=O) groups is 2. The maximum atomic E-state index is 14.1. The second-order valence-electron chi connectivity index (χ2n) is 9.80. The van der Waals surface area contributed by atoms with Crippen molar-refractivity contribution in [2.45, 2.75) is 35.9 Å². The summed E-state index contributed by atoms with van der Waals surface area (Å²) in [4.78, 5) is 26.0. The highest BCUT2D eigenvalue weighted by Crippen LogP contribution is 2.28. The van der Waals surface area contributed by atoms with E-state index in [1.54, 1.807) is 66.7 Å². The third-order valence-corrected chi connectivity index (χ3v) is 8.56. The minimum Gasteiger partial charge on any atom is -0.480 e. The van der Waals surface area contributed by atoms with Crippen LogP contribution in [0.25, 0.3) is 10.8 Å². The summed E-state index contributed by atoms with van der Waals surface area (Å²) >= 11 is 0. The third-order valence-electron chi connectivity index (χ3n) is 7.09. The van der Waals surface area contributed by atoms with Gasteiger partial charge in [-0.1, -0.05) is 72.8 Å². The Morgan fingerprint density at radius 2 is 1.70 bits per heavy atom. The van der Waals surface area contributed by atoms with Crippen LogP contribution in [0.15, 0.2) is 95.9 Å². The Morgan fingerprint density at radius 1 is 0.975 bits per heavy atom. The number of carboxylic acids is 1. The molecule has 0 spiro atoms. The van der Waals surface area contributed by atoms with Crippen molar-refractivity contribution in [1.82, 2.24) is 10.0 Å². The second kappa shape index (κ2) is 11.0. The molecule has 2 unspecified atom stereocenters. The monoisotopic (exact) mass is 556 g/mol. The van der Waals surface area contributed by atoms with E-state index in [0.717, 1.165) is 10.8 Å². The van der Waals surface area contributed by atoms with Crippen molar-refractivity contribution in [3.8, 4) is 0 Å². The first-order valence-corrected chi connectivity index (χ1v) is 14.2. The minimum absolute atomic E-state index is 0.00176. The molecule has 6 N–H and O–H groups in total. The van der Waals surface area contributed by atoms with Gasteiger partial charge in [0.25, 0.3) is 0 Å². The Morgan fingerprint density at radius 3 is 2.45 bits per heavy atom. The zero-order chi connectivity index (χ0) is 28.4. The van der Waals surface area contributed by atoms with Crippen molar-refractivity contribution in [2.75, 3.05) is 0 Å². The molecule has 0 saturated heterocycles. The molecule has 40 heavy (non-hydrogen) atoms. The zero-order valence-corrected chi connectivity index (χ0v) is 22.2. The van der Waals surface area contributed by atoms with E-state index in [0.29, 0.717) is 22.3 Å². The number of rotatable bonds is 9. The van der Waals surface area contributed by atoms with Crippen molar-refractivity contribution >= 4 is 38.4 Å². The number of Topliss-reactive ketones (excluding diaryl/α,β-unsaturated/α-hetero) is 1. The van der Waals surface area contributed by atoms with Crippen LogP contribution >= 0.6 is 0 Å². The Kier molecular flexibility index (Phi) is 7.49. The molecule has 1 aliphatic rings. The first-order valence-electron chi connectivity index (χ1n) is 12.7. The summed E-state index contributed by atoms with van der Waals surface area (Å²) in [5.74, 6) is -1.78. The van der Waals surface area contributed by atoms with E-state index in [1.807, 2.05) is 18.2 Å². The van der Waals surface area contributed by atoms with E-state index in [2.05, 4.69) is 10.0 Å².